The number of rotatable bonds is 8. The highest BCUT2D eigenvalue weighted by Crippen LogP contribution is 2.24. The SMILES string of the molecule is O=C(COC(=O)c1cccc(C(=O)OCC(=O)c2ccc(Br)cc2)c1Br)c1ccc(Br)cc1. The Kier molecular flexibility index (Phi) is 8.71. The van der Waals surface area contributed by atoms with Crippen LogP contribution in [-0.4, -0.2) is 36.7 Å². The molecule has 168 valence electrons. The highest BCUT2D eigenvalue weighted by atomic mass is 79.9. The van der Waals surface area contributed by atoms with E-state index in [1.165, 1.54) is 18.2 Å². The van der Waals surface area contributed by atoms with Crippen LogP contribution < -0.4 is 0 Å². The van der Waals surface area contributed by atoms with Crippen LogP contribution in [0.5, 0.6) is 0 Å². The van der Waals surface area contributed by atoms with Crippen molar-refractivity contribution in [3.63, 3.8) is 0 Å². The van der Waals surface area contributed by atoms with Crippen LogP contribution in [0.1, 0.15) is 41.4 Å². The number of carbonyl (C=O) groups is 4. The van der Waals surface area contributed by atoms with Crippen LogP contribution in [0.2, 0.25) is 0 Å². The molecule has 0 N–H and O–H groups in total. The van der Waals surface area contributed by atoms with Crippen molar-refractivity contribution >= 4 is 71.3 Å². The second-order valence-electron chi connectivity index (χ2n) is 6.68. The smallest absolute Gasteiger partial charge is 0.339 e. The molecule has 0 aliphatic rings. The number of Topliss-reactive ketones (excluding diaryl/α,β-unsaturated/α-hetero) is 2. The molecule has 3 aromatic carbocycles. The minimum Gasteiger partial charge on any atom is -0.454 e. The molecule has 0 saturated carbocycles. The predicted octanol–water partition coefficient (Wildman–Crippen LogP) is 6.05. The summed E-state index contributed by atoms with van der Waals surface area (Å²) in [7, 11) is 0. The van der Waals surface area contributed by atoms with Crippen molar-refractivity contribution in [2.45, 2.75) is 0 Å². The first-order valence-electron chi connectivity index (χ1n) is 9.46. The van der Waals surface area contributed by atoms with E-state index in [0.717, 1.165) is 8.95 Å². The van der Waals surface area contributed by atoms with E-state index in [1.807, 2.05) is 0 Å². The number of ether oxygens (including phenoxy) is 2. The summed E-state index contributed by atoms with van der Waals surface area (Å²) in [6, 6.07) is 17.7. The molecular formula is C24H15Br3O6. The largest absolute Gasteiger partial charge is 0.454 e. The van der Waals surface area contributed by atoms with Crippen molar-refractivity contribution in [3.05, 3.63) is 102 Å². The number of carbonyl (C=O) groups excluding carboxylic acids is 4. The summed E-state index contributed by atoms with van der Waals surface area (Å²) in [4.78, 5) is 49.4. The van der Waals surface area contributed by atoms with Crippen molar-refractivity contribution in [2.75, 3.05) is 13.2 Å². The first kappa shape index (κ1) is 25.0. The molecule has 0 unspecified atom stereocenters. The molecule has 0 bridgehead atoms. The van der Waals surface area contributed by atoms with Gasteiger partial charge in [-0.2, -0.15) is 0 Å². The Morgan fingerprint density at radius 2 is 0.939 bits per heavy atom. The first-order chi connectivity index (χ1) is 15.8. The number of halogens is 3. The number of benzene rings is 3. The summed E-state index contributed by atoms with van der Waals surface area (Å²) in [5, 5.41) is 0. The normalized spacial score (nSPS) is 10.4. The lowest BCUT2D eigenvalue weighted by Crippen LogP contribution is -2.17. The summed E-state index contributed by atoms with van der Waals surface area (Å²) in [5.74, 6) is -2.30. The molecule has 0 aliphatic heterocycles. The molecule has 0 radical (unpaired) electrons. The van der Waals surface area contributed by atoms with Crippen LogP contribution in [0.3, 0.4) is 0 Å². The van der Waals surface area contributed by atoms with Crippen molar-refractivity contribution in [1.29, 1.82) is 0 Å². The highest BCUT2D eigenvalue weighted by Gasteiger charge is 2.21. The molecule has 0 atom stereocenters. The molecule has 0 aliphatic carbocycles. The van der Waals surface area contributed by atoms with Crippen molar-refractivity contribution in [1.82, 2.24) is 0 Å². The fraction of sp³-hybridized carbons (Fsp3) is 0.0833. The van der Waals surface area contributed by atoms with Gasteiger partial charge in [0.15, 0.2) is 24.8 Å². The van der Waals surface area contributed by atoms with Crippen LogP contribution in [-0.2, 0) is 9.47 Å². The zero-order valence-electron chi connectivity index (χ0n) is 16.8. The van der Waals surface area contributed by atoms with Gasteiger partial charge in [0.05, 0.1) is 11.1 Å². The fourth-order valence-corrected chi connectivity index (χ4v) is 3.82. The van der Waals surface area contributed by atoms with Crippen LogP contribution in [0.25, 0.3) is 0 Å². The van der Waals surface area contributed by atoms with Gasteiger partial charge in [0.25, 0.3) is 0 Å². The zero-order chi connectivity index (χ0) is 24.0. The van der Waals surface area contributed by atoms with Crippen LogP contribution in [0, 0.1) is 0 Å². The third-order valence-corrected chi connectivity index (χ3v) is 6.35. The maximum Gasteiger partial charge on any atom is 0.339 e. The molecule has 0 aromatic heterocycles. The molecule has 6 nitrogen and oxygen atoms in total. The lowest BCUT2D eigenvalue weighted by Gasteiger charge is -2.10. The minimum atomic E-state index is -0.784. The average molecular weight is 639 g/mol. The van der Waals surface area contributed by atoms with Crippen LogP contribution in [0.4, 0.5) is 0 Å². The topological polar surface area (TPSA) is 86.7 Å². The molecule has 0 spiro atoms. The van der Waals surface area contributed by atoms with Gasteiger partial charge in [-0.25, -0.2) is 9.59 Å². The lowest BCUT2D eigenvalue weighted by molar-refractivity contribution is 0.0466. The number of ketones is 2. The highest BCUT2D eigenvalue weighted by molar-refractivity contribution is 9.11. The van der Waals surface area contributed by atoms with Crippen molar-refractivity contribution in [3.8, 4) is 0 Å². The van der Waals surface area contributed by atoms with Gasteiger partial charge in [-0.05, 0) is 52.3 Å². The number of hydrogen-bond acceptors (Lipinski definition) is 6. The van der Waals surface area contributed by atoms with Gasteiger partial charge in [0, 0.05) is 24.5 Å². The van der Waals surface area contributed by atoms with Crippen molar-refractivity contribution in [2.24, 2.45) is 0 Å². The predicted molar refractivity (Wildman–Crippen MR) is 132 cm³/mol. The fourth-order valence-electron chi connectivity index (χ4n) is 2.70. The standard InChI is InChI=1S/C24H15Br3O6/c25-16-8-4-14(5-9-16)20(28)12-32-23(30)18-2-1-3-19(22(18)27)24(31)33-13-21(29)15-6-10-17(26)11-7-15/h1-11H,12-13H2. The second-order valence-corrected chi connectivity index (χ2v) is 9.30. The van der Waals surface area contributed by atoms with E-state index < -0.39 is 25.2 Å². The Labute approximate surface area is 214 Å². The van der Waals surface area contributed by atoms with E-state index in [0.29, 0.717) is 11.1 Å². The van der Waals surface area contributed by atoms with Crippen LogP contribution in [0.15, 0.2) is 80.1 Å². The van der Waals surface area contributed by atoms with E-state index in [9.17, 15) is 19.2 Å². The Morgan fingerprint density at radius 3 is 1.30 bits per heavy atom. The van der Waals surface area contributed by atoms with Gasteiger partial charge in [-0.1, -0.05) is 62.2 Å². The number of hydrogen-bond donors (Lipinski definition) is 0. The molecule has 33 heavy (non-hydrogen) atoms. The molecule has 0 heterocycles. The molecule has 0 fully saturated rings. The molecular weight excluding hydrogens is 624 g/mol. The van der Waals surface area contributed by atoms with Gasteiger partial charge in [-0.15, -0.1) is 0 Å². The molecule has 3 rings (SSSR count). The maximum absolute atomic E-state index is 12.5. The minimum absolute atomic E-state index is 0.0484. The summed E-state index contributed by atoms with van der Waals surface area (Å²) in [6.45, 7) is -0.910. The van der Waals surface area contributed by atoms with E-state index in [2.05, 4.69) is 47.8 Å². The Morgan fingerprint density at radius 1 is 0.576 bits per heavy atom. The molecule has 9 heteroatoms. The third-order valence-electron chi connectivity index (χ3n) is 4.44. The third kappa shape index (κ3) is 6.69. The Balaban J connectivity index is 1.62. The van der Waals surface area contributed by atoms with E-state index in [-0.39, 0.29) is 27.2 Å². The lowest BCUT2D eigenvalue weighted by atomic mass is 10.1. The maximum atomic E-state index is 12.5. The second kappa shape index (κ2) is 11.5. The van der Waals surface area contributed by atoms with Crippen LogP contribution >= 0.6 is 47.8 Å². The monoisotopic (exact) mass is 636 g/mol. The first-order valence-corrected chi connectivity index (χ1v) is 11.8. The molecule has 0 amide bonds. The van der Waals surface area contributed by atoms with Gasteiger partial charge in [0.1, 0.15) is 0 Å². The Hall–Kier alpha value is -2.62. The van der Waals surface area contributed by atoms with E-state index >= 15 is 0 Å². The summed E-state index contributed by atoms with van der Waals surface area (Å²) >= 11 is 9.79. The van der Waals surface area contributed by atoms with Gasteiger partial charge in [-0.3, -0.25) is 9.59 Å². The number of esters is 2. The summed E-state index contributed by atoms with van der Waals surface area (Å²) in [5.41, 5.74) is 0.898. The average Bonchev–Trinajstić information content (AvgIpc) is 2.81. The molecule has 3 aromatic rings. The van der Waals surface area contributed by atoms with Crippen molar-refractivity contribution < 1.29 is 28.7 Å². The zero-order valence-corrected chi connectivity index (χ0v) is 21.6. The summed E-state index contributed by atoms with van der Waals surface area (Å²) in [6.07, 6.45) is 0. The van der Waals surface area contributed by atoms with Gasteiger partial charge >= 0.3 is 11.9 Å². The van der Waals surface area contributed by atoms with Gasteiger partial charge in [0.2, 0.25) is 0 Å². The Bertz CT molecular complexity index is 1110. The summed E-state index contributed by atoms with van der Waals surface area (Å²) < 4.78 is 12.0. The molecule has 0 saturated heterocycles. The van der Waals surface area contributed by atoms with Gasteiger partial charge < -0.3 is 9.47 Å². The quantitative estimate of drug-likeness (QED) is 0.221. The van der Waals surface area contributed by atoms with E-state index in [4.69, 9.17) is 9.47 Å². The van der Waals surface area contributed by atoms with E-state index in [1.54, 1.807) is 48.5 Å².